The van der Waals surface area contributed by atoms with Crippen molar-refractivity contribution in [2.75, 3.05) is 6.61 Å². The maximum Gasteiger partial charge on any atom is 0.338 e. The molecule has 0 amide bonds. The molecule has 0 aromatic heterocycles. The molecule has 9 heteroatoms. The van der Waals surface area contributed by atoms with Gasteiger partial charge in [-0.25, -0.2) is 4.79 Å². The van der Waals surface area contributed by atoms with Crippen LogP contribution in [0.25, 0.3) is 0 Å². The Morgan fingerprint density at radius 1 is 1.06 bits per heavy atom. The summed E-state index contributed by atoms with van der Waals surface area (Å²) in [6.07, 6.45) is 2.84. The Morgan fingerprint density at radius 3 is 2.58 bits per heavy atom. The van der Waals surface area contributed by atoms with Crippen LogP contribution in [0.2, 0.25) is 0 Å². The fourth-order valence-electron chi connectivity index (χ4n) is 6.46. The highest BCUT2D eigenvalue weighted by Gasteiger charge is 2.68. The largest absolute Gasteiger partial charge is 0.458 e. The lowest BCUT2D eigenvalue weighted by atomic mass is 9.87. The zero-order valence-corrected chi connectivity index (χ0v) is 21.7. The van der Waals surface area contributed by atoms with Crippen molar-refractivity contribution in [1.29, 1.82) is 0 Å². The molecule has 0 spiro atoms. The second-order valence-electron chi connectivity index (χ2n) is 10.5. The molecule has 6 aliphatic rings. The third kappa shape index (κ3) is 4.68. The van der Waals surface area contributed by atoms with E-state index in [1.807, 2.05) is 18.2 Å². The Bertz CT molecular complexity index is 974. The van der Waals surface area contributed by atoms with Crippen LogP contribution >= 0.6 is 15.9 Å². The van der Waals surface area contributed by atoms with Crippen LogP contribution in [-0.4, -0.2) is 78.4 Å². The minimum absolute atomic E-state index is 0.0148. The summed E-state index contributed by atoms with van der Waals surface area (Å²) in [5, 5.41) is 9.42. The van der Waals surface area contributed by atoms with E-state index in [0.29, 0.717) is 37.7 Å². The van der Waals surface area contributed by atoms with Crippen molar-refractivity contribution in [2.45, 2.75) is 106 Å². The summed E-state index contributed by atoms with van der Waals surface area (Å²) in [4.78, 5) is 12.7. The first kappa shape index (κ1) is 25.0. The van der Waals surface area contributed by atoms with E-state index in [1.165, 1.54) is 0 Å². The number of fused-ring (bicyclic) bond motifs is 1. The number of aliphatic hydroxyl groups is 1. The fraction of sp³-hybridized carbons (Fsp3) is 0.667. The molecule has 196 valence electrons. The summed E-state index contributed by atoms with van der Waals surface area (Å²) in [7, 11) is 0. The predicted octanol–water partition coefficient (Wildman–Crippen LogP) is 3.64. The predicted molar refractivity (Wildman–Crippen MR) is 132 cm³/mol. The fourth-order valence-corrected chi connectivity index (χ4v) is 6.82. The second-order valence-corrected chi connectivity index (χ2v) is 11.6. The van der Waals surface area contributed by atoms with Crippen LogP contribution in [0.3, 0.4) is 0 Å². The van der Waals surface area contributed by atoms with Crippen molar-refractivity contribution in [1.82, 2.24) is 0 Å². The van der Waals surface area contributed by atoms with Crippen molar-refractivity contribution in [3.05, 3.63) is 47.0 Å². The van der Waals surface area contributed by atoms with Crippen LogP contribution in [-0.2, 0) is 28.4 Å². The molecular weight excluding hydrogens is 532 g/mol. The Balaban J connectivity index is 1.18. The molecule has 36 heavy (non-hydrogen) atoms. The maximum absolute atomic E-state index is 12.7. The molecular formula is C27H33BrO8. The van der Waals surface area contributed by atoms with Gasteiger partial charge in [0.25, 0.3) is 0 Å². The molecule has 1 aromatic rings. The van der Waals surface area contributed by atoms with Gasteiger partial charge in [0.1, 0.15) is 36.6 Å². The number of rotatable bonds is 9. The highest BCUT2D eigenvalue weighted by atomic mass is 79.9. The number of ether oxygens (including phenoxy) is 6. The third-order valence-corrected chi connectivity index (χ3v) is 8.38. The monoisotopic (exact) mass is 564 g/mol. The van der Waals surface area contributed by atoms with Crippen LogP contribution in [0.15, 0.2) is 41.4 Å². The lowest BCUT2D eigenvalue weighted by Crippen LogP contribution is -2.61. The molecule has 0 aliphatic carbocycles. The number of carbonyl (C=O) groups is 1. The smallest absolute Gasteiger partial charge is 0.338 e. The Labute approximate surface area is 219 Å². The van der Waals surface area contributed by atoms with E-state index in [9.17, 15) is 9.90 Å². The van der Waals surface area contributed by atoms with Gasteiger partial charge in [-0.3, -0.25) is 0 Å². The molecule has 6 bridgehead atoms. The first-order valence-corrected chi connectivity index (χ1v) is 13.8. The van der Waals surface area contributed by atoms with Crippen molar-refractivity contribution in [2.24, 2.45) is 0 Å². The number of aliphatic hydroxyl groups excluding tert-OH is 1. The highest BCUT2D eigenvalue weighted by Crippen LogP contribution is 2.54. The van der Waals surface area contributed by atoms with E-state index in [1.54, 1.807) is 12.1 Å². The number of hydrogen-bond donors (Lipinski definition) is 1. The summed E-state index contributed by atoms with van der Waals surface area (Å²) >= 11 is 3.43. The van der Waals surface area contributed by atoms with Crippen molar-refractivity contribution < 1.29 is 38.3 Å². The van der Waals surface area contributed by atoms with E-state index < -0.39 is 5.79 Å². The first-order chi connectivity index (χ1) is 17.4. The van der Waals surface area contributed by atoms with Gasteiger partial charge in [0.15, 0.2) is 5.79 Å². The molecule has 0 saturated carbocycles. The van der Waals surface area contributed by atoms with Crippen molar-refractivity contribution in [3.63, 3.8) is 0 Å². The van der Waals surface area contributed by atoms with E-state index in [0.717, 1.165) is 17.3 Å². The molecule has 8 nitrogen and oxygen atoms in total. The standard InChI is InChI=1S/C27H33BrO8/c1-15(28)13-18(32-26(30)16-5-3-2-4-6-16)9-11-27-14-20-22(35-27)23-24(34-20)25(36-27)21-19(33-23)8-7-17(31-21)10-12-29/h2-6,17-25,29H,1,7-14H2/t17-,18-,19?,20?,21+,22?,23+,24-,25+,27+/m1/s1. The summed E-state index contributed by atoms with van der Waals surface area (Å²) < 4.78 is 39.2. The molecule has 3 unspecified atom stereocenters. The van der Waals surface area contributed by atoms with Gasteiger partial charge in [-0.15, -0.1) is 0 Å². The molecule has 10 atom stereocenters. The van der Waals surface area contributed by atoms with Crippen LogP contribution in [0, 0.1) is 0 Å². The van der Waals surface area contributed by atoms with Crippen LogP contribution in [0.4, 0.5) is 0 Å². The van der Waals surface area contributed by atoms with Gasteiger partial charge >= 0.3 is 5.97 Å². The normalized spacial score (nSPS) is 40.9. The minimum Gasteiger partial charge on any atom is -0.458 e. The minimum atomic E-state index is -0.847. The molecule has 1 N–H and O–H groups in total. The van der Waals surface area contributed by atoms with E-state index in [-0.39, 0.29) is 67.5 Å². The number of halogens is 1. The van der Waals surface area contributed by atoms with Gasteiger partial charge < -0.3 is 33.5 Å². The molecule has 6 heterocycles. The Kier molecular flexibility index (Phi) is 7.00. The Morgan fingerprint density at radius 2 is 1.81 bits per heavy atom. The van der Waals surface area contributed by atoms with Gasteiger partial charge in [-0.2, -0.15) is 0 Å². The van der Waals surface area contributed by atoms with Gasteiger partial charge in [-0.05, 0) is 42.3 Å². The summed E-state index contributed by atoms with van der Waals surface area (Å²) in [6, 6.07) is 8.99. The van der Waals surface area contributed by atoms with E-state index in [4.69, 9.17) is 28.4 Å². The van der Waals surface area contributed by atoms with Crippen LogP contribution in [0.5, 0.6) is 0 Å². The second kappa shape index (κ2) is 10.1. The van der Waals surface area contributed by atoms with Crippen LogP contribution < -0.4 is 0 Å². The first-order valence-electron chi connectivity index (χ1n) is 13.0. The SMILES string of the molecule is C=C(Br)C[C@@H](CC[C@@]12CC3O[C@H]4[C@@H](O1)[C@H]1O[C@@H](CCO)CCC1O[C@H]4C3O2)OC(=O)c1ccccc1. The summed E-state index contributed by atoms with van der Waals surface area (Å²) in [5.41, 5.74) is 0.516. The number of carbonyl (C=O) groups excluding carboxylic acids is 1. The molecule has 6 saturated heterocycles. The maximum atomic E-state index is 12.7. The van der Waals surface area contributed by atoms with Gasteiger partial charge in [-0.1, -0.05) is 40.7 Å². The van der Waals surface area contributed by atoms with Gasteiger partial charge in [0, 0.05) is 25.9 Å². The topological polar surface area (TPSA) is 92.7 Å². The highest BCUT2D eigenvalue weighted by molar-refractivity contribution is 9.11. The van der Waals surface area contributed by atoms with Gasteiger partial charge in [0.2, 0.25) is 0 Å². The zero-order valence-electron chi connectivity index (χ0n) is 20.1. The van der Waals surface area contributed by atoms with Gasteiger partial charge in [0.05, 0.1) is 23.9 Å². The van der Waals surface area contributed by atoms with Crippen molar-refractivity contribution in [3.8, 4) is 0 Å². The summed E-state index contributed by atoms with van der Waals surface area (Å²) in [5.74, 6) is -1.21. The third-order valence-electron chi connectivity index (χ3n) is 8.06. The molecule has 1 aromatic carbocycles. The van der Waals surface area contributed by atoms with E-state index >= 15 is 0 Å². The Hall–Kier alpha value is -1.33. The average Bonchev–Trinajstić information content (AvgIpc) is 3.28. The lowest BCUT2D eigenvalue weighted by molar-refractivity contribution is -0.293. The summed E-state index contributed by atoms with van der Waals surface area (Å²) in [6.45, 7) is 4.05. The number of hydrogen-bond acceptors (Lipinski definition) is 8. The van der Waals surface area contributed by atoms with E-state index in [2.05, 4.69) is 22.5 Å². The molecule has 0 radical (unpaired) electrons. The molecule has 7 rings (SSSR count). The average molecular weight is 565 g/mol. The quantitative estimate of drug-likeness (QED) is 0.454. The van der Waals surface area contributed by atoms with Crippen molar-refractivity contribution >= 4 is 21.9 Å². The lowest BCUT2D eigenvalue weighted by Gasteiger charge is -2.47. The number of esters is 1. The molecule has 6 aliphatic heterocycles. The number of benzene rings is 1. The molecule has 6 fully saturated rings. The zero-order chi connectivity index (χ0) is 24.9. The van der Waals surface area contributed by atoms with Crippen LogP contribution in [0.1, 0.15) is 55.3 Å².